The lowest BCUT2D eigenvalue weighted by atomic mass is 9.83. The summed E-state index contributed by atoms with van der Waals surface area (Å²) in [5.74, 6) is 0. The Labute approximate surface area is 83.7 Å². The van der Waals surface area contributed by atoms with Crippen molar-refractivity contribution in [1.29, 1.82) is 0 Å². The fourth-order valence-corrected chi connectivity index (χ4v) is 2.88. The molecule has 0 unspecified atom stereocenters. The predicted molar refractivity (Wildman–Crippen MR) is 50.9 cm³/mol. The molecule has 3 rings (SSSR count). The number of aliphatic hydroxyl groups excluding tert-OH is 1. The van der Waals surface area contributed by atoms with Gasteiger partial charge in [0.15, 0.2) is 0 Å². The number of hydrogen-bond donors (Lipinski definition) is 1. The van der Waals surface area contributed by atoms with Crippen LogP contribution in [0, 0.1) is 0 Å². The van der Waals surface area contributed by atoms with Crippen molar-refractivity contribution in [3.8, 4) is 0 Å². The van der Waals surface area contributed by atoms with Crippen molar-refractivity contribution in [2.45, 2.75) is 56.2 Å². The van der Waals surface area contributed by atoms with E-state index in [2.05, 4.69) is 6.92 Å². The van der Waals surface area contributed by atoms with Crippen LogP contribution in [-0.2, 0) is 9.47 Å². The lowest BCUT2D eigenvalue weighted by Gasteiger charge is -2.39. The van der Waals surface area contributed by atoms with Gasteiger partial charge in [-0.15, -0.1) is 0 Å². The monoisotopic (exact) mass is 196 g/mol. The van der Waals surface area contributed by atoms with Crippen LogP contribution in [0.1, 0.15) is 26.2 Å². The molecule has 3 nitrogen and oxygen atoms in total. The van der Waals surface area contributed by atoms with Crippen LogP contribution in [0.15, 0.2) is 12.2 Å². The Kier molecular flexibility index (Phi) is 1.79. The number of ether oxygens (including phenoxy) is 2. The van der Waals surface area contributed by atoms with Gasteiger partial charge in [0.1, 0.15) is 5.60 Å². The first-order valence-electron chi connectivity index (χ1n) is 5.40. The third-order valence-electron chi connectivity index (χ3n) is 3.62. The zero-order valence-electron chi connectivity index (χ0n) is 8.35. The van der Waals surface area contributed by atoms with E-state index in [-0.39, 0.29) is 17.8 Å². The fraction of sp³-hybridized carbons (Fsp3) is 0.818. The van der Waals surface area contributed by atoms with Crippen molar-refractivity contribution < 1.29 is 14.6 Å². The predicted octanol–water partition coefficient (Wildman–Crippen LogP) is 1.01. The highest BCUT2D eigenvalue weighted by atomic mass is 16.6. The molecule has 2 bridgehead atoms. The first-order chi connectivity index (χ1) is 6.70. The summed E-state index contributed by atoms with van der Waals surface area (Å²) in [6.45, 7) is 2.11. The Bertz CT molecular complexity index is 276. The summed E-state index contributed by atoms with van der Waals surface area (Å²) in [6.07, 6.45) is 6.76. The van der Waals surface area contributed by atoms with E-state index in [9.17, 15) is 5.11 Å². The number of hydrogen-bond acceptors (Lipinski definition) is 3. The summed E-state index contributed by atoms with van der Waals surface area (Å²) in [5, 5.41) is 9.64. The smallest absolute Gasteiger partial charge is 0.115 e. The standard InChI is InChI=1S/C11H16O3/c1-7-2-3-10-11(14-7)5-4-8(12)9(6-11)13-10/h4-5,7-10,12H,2-3,6H2,1H3/t7-,8+,9+,10-,11-/m0/s1. The molecule has 0 aromatic heterocycles. The second kappa shape index (κ2) is 2.81. The average Bonchev–Trinajstić information content (AvgIpc) is 2.47. The largest absolute Gasteiger partial charge is 0.386 e. The molecule has 2 fully saturated rings. The molecule has 5 atom stereocenters. The molecule has 1 aliphatic carbocycles. The first-order valence-corrected chi connectivity index (χ1v) is 5.40. The van der Waals surface area contributed by atoms with Crippen LogP contribution in [-0.4, -0.2) is 35.1 Å². The van der Waals surface area contributed by atoms with Crippen LogP contribution in [0.3, 0.4) is 0 Å². The summed E-state index contributed by atoms with van der Waals surface area (Å²) in [7, 11) is 0. The summed E-state index contributed by atoms with van der Waals surface area (Å²) >= 11 is 0. The van der Waals surface area contributed by atoms with Gasteiger partial charge in [0.2, 0.25) is 0 Å². The maximum absolute atomic E-state index is 9.64. The lowest BCUT2D eigenvalue weighted by Crippen LogP contribution is -2.47. The molecule has 78 valence electrons. The van der Waals surface area contributed by atoms with Gasteiger partial charge >= 0.3 is 0 Å². The highest BCUT2D eigenvalue weighted by Gasteiger charge is 2.54. The van der Waals surface area contributed by atoms with Gasteiger partial charge in [-0.3, -0.25) is 0 Å². The lowest BCUT2D eigenvalue weighted by molar-refractivity contribution is -0.133. The van der Waals surface area contributed by atoms with Crippen molar-refractivity contribution in [2.24, 2.45) is 0 Å². The summed E-state index contributed by atoms with van der Waals surface area (Å²) in [4.78, 5) is 0. The molecule has 2 aliphatic heterocycles. The molecular weight excluding hydrogens is 180 g/mol. The quantitative estimate of drug-likeness (QED) is 0.588. The molecule has 3 aliphatic rings. The van der Waals surface area contributed by atoms with E-state index in [0.29, 0.717) is 6.10 Å². The molecule has 2 heterocycles. The van der Waals surface area contributed by atoms with Crippen molar-refractivity contribution in [2.75, 3.05) is 0 Å². The molecular formula is C11H16O3. The molecule has 0 aromatic rings. The first kappa shape index (κ1) is 8.89. The van der Waals surface area contributed by atoms with Gasteiger partial charge in [0, 0.05) is 6.42 Å². The molecule has 0 aromatic carbocycles. The molecule has 14 heavy (non-hydrogen) atoms. The van der Waals surface area contributed by atoms with E-state index in [1.807, 2.05) is 12.2 Å². The van der Waals surface area contributed by atoms with E-state index < -0.39 is 6.10 Å². The Morgan fingerprint density at radius 2 is 2.29 bits per heavy atom. The Hall–Kier alpha value is -0.380. The van der Waals surface area contributed by atoms with Gasteiger partial charge < -0.3 is 14.6 Å². The molecule has 1 N–H and O–H groups in total. The second-order valence-electron chi connectivity index (χ2n) is 4.68. The van der Waals surface area contributed by atoms with Gasteiger partial charge in [-0.05, 0) is 19.8 Å². The van der Waals surface area contributed by atoms with Crippen LogP contribution in [0.25, 0.3) is 0 Å². The van der Waals surface area contributed by atoms with Crippen LogP contribution < -0.4 is 0 Å². The highest BCUT2D eigenvalue weighted by Crippen LogP contribution is 2.45. The van der Waals surface area contributed by atoms with E-state index in [1.54, 1.807) is 0 Å². The van der Waals surface area contributed by atoms with E-state index in [0.717, 1.165) is 19.3 Å². The third kappa shape index (κ3) is 1.09. The Balaban J connectivity index is 1.93. The maximum atomic E-state index is 9.64. The van der Waals surface area contributed by atoms with E-state index in [1.165, 1.54) is 0 Å². The van der Waals surface area contributed by atoms with Gasteiger partial charge in [-0.2, -0.15) is 0 Å². The van der Waals surface area contributed by atoms with Crippen LogP contribution in [0.2, 0.25) is 0 Å². The highest BCUT2D eigenvalue weighted by molar-refractivity contribution is 5.20. The zero-order chi connectivity index (χ0) is 9.76. The van der Waals surface area contributed by atoms with Crippen LogP contribution >= 0.6 is 0 Å². The summed E-state index contributed by atoms with van der Waals surface area (Å²) < 4.78 is 11.8. The summed E-state index contributed by atoms with van der Waals surface area (Å²) in [6, 6.07) is 0. The van der Waals surface area contributed by atoms with Crippen LogP contribution in [0.4, 0.5) is 0 Å². The number of fused-ring (bicyclic) bond motifs is 1. The minimum absolute atomic E-state index is 0.0460. The minimum Gasteiger partial charge on any atom is -0.386 e. The molecule has 3 heteroatoms. The van der Waals surface area contributed by atoms with Crippen molar-refractivity contribution in [1.82, 2.24) is 0 Å². The number of rotatable bonds is 0. The van der Waals surface area contributed by atoms with Crippen LogP contribution in [0.5, 0.6) is 0 Å². The summed E-state index contributed by atoms with van der Waals surface area (Å²) in [5.41, 5.74) is -0.221. The third-order valence-corrected chi connectivity index (χ3v) is 3.62. The molecule has 0 amide bonds. The normalized spacial score (nSPS) is 55.9. The minimum atomic E-state index is -0.440. The molecule has 0 radical (unpaired) electrons. The zero-order valence-corrected chi connectivity index (χ0v) is 8.35. The van der Waals surface area contributed by atoms with Crippen molar-refractivity contribution >= 4 is 0 Å². The molecule has 0 saturated carbocycles. The fourth-order valence-electron chi connectivity index (χ4n) is 2.88. The SMILES string of the molecule is C[C@H]1CC[C@@H]2O[C@@H]3C[C@]2(C=C[C@H]3O)O1. The second-order valence-corrected chi connectivity index (χ2v) is 4.68. The molecule has 2 saturated heterocycles. The molecule has 1 spiro atoms. The van der Waals surface area contributed by atoms with Gasteiger partial charge in [0.25, 0.3) is 0 Å². The van der Waals surface area contributed by atoms with Gasteiger partial charge in [-0.25, -0.2) is 0 Å². The van der Waals surface area contributed by atoms with Gasteiger partial charge in [0.05, 0.1) is 24.4 Å². The average molecular weight is 196 g/mol. The van der Waals surface area contributed by atoms with E-state index >= 15 is 0 Å². The Morgan fingerprint density at radius 3 is 3.14 bits per heavy atom. The maximum Gasteiger partial charge on any atom is 0.115 e. The number of aliphatic hydroxyl groups is 1. The topological polar surface area (TPSA) is 38.7 Å². The van der Waals surface area contributed by atoms with Crippen molar-refractivity contribution in [3.05, 3.63) is 12.2 Å². The van der Waals surface area contributed by atoms with Gasteiger partial charge in [-0.1, -0.05) is 12.2 Å². The van der Waals surface area contributed by atoms with Crippen molar-refractivity contribution in [3.63, 3.8) is 0 Å². The van der Waals surface area contributed by atoms with E-state index in [4.69, 9.17) is 9.47 Å². The Morgan fingerprint density at radius 1 is 1.43 bits per heavy atom.